The number of aromatic nitrogens is 2. The van der Waals surface area contributed by atoms with Crippen LogP contribution in [0.5, 0.6) is 0 Å². The number of nitrogens with zero attached hydrogens (tertiary/aromatic N) is 3. The molecule has 14 heavy (non-hydrogen) atoms. The molecule has 1 unspecified atom stereocenters. The van der Waals surface area contributed by atoms with E-state index < -0.39 is 0 Å². The second-order valence-corrected chi connectivity index (χ2v) is 3.78. The lowest BCUT2D eigenvalue weighted by Gasteiger charge is -2.27. The number of hydrogen-bond acceptors (Lipinski definition) is 4. The molecule has 0 radical (unpaired) electrons. The van der Waals surface area contributed by atoms with Crippen molar-refractivity contribution in [3.8, 4) is 0 Å². The molecule has 0 spiro atoms. The molecule has 4 nitrogen and oxygen atoms in total. The van der Waals surface area contributed by atoms with Crippen molar-refractivity contribution in [3.05, 3.63) is 11.7 Å². The Morgan fingerprint density at radius 1 is 1.50 bits per heavy atom. The average molecular weight is 218 g/mol. The zero-order valence-electron chi connectivity index (χ0n) is 8.56. The van der Waals surface area contributed by atoms with Crippen LogP contribution in [-0.4, -0.2) is 35.2 Å². The summed E-state index contributed by atoms with van der Waals surface area (Å²) in [7, 11) is 2.13. The first-order valence-corrected chi connectivity index (χ1v) is 4.74. The lowest BCUT2D eigenvalue weighted by molar-refractivity contribution is 0.220. The molecule has 1 saturated heterocycles. The van der Waals surface area contributed by atoms with Crippen molar-refractivity contribution in [1.29, 1.82) is 0 Å². The Balaban J connectivity index is 0.000000980. The first-order chi connectivity index (χ1) is 6.25. The van der Waals surface area contributed by atoms with Crippen LogP contribution in [-0.2, 0) is 0 Å². The number of likely N-dealkylation sites (tertiary alicyclic amines) is 1. The van der Waals surface area contributed by atoms with Crippen LogP contribution in [0.3, 0.4) is 0 Å². The van der Waals surface area contributed by atoms with E-state index in [1.54, 1.807) is 0 Å². The third kappa shape index (κ3) is 2.45. The largest absolute Gasteiger partial charge is 0.339 e. The highest BCUT2D eigenvalue weighted by Gasteiger charge is 2.23. The van der Waals surface area contributed by atoms with E-state index in [4.69, 9.17) is 4.52 Å². The molecular formula is C9H16ClN3O. The van der Waals surface area contributed by atoms with E-state index in [0.717, 1.165) is 18.3 Å². The number of piperidine rings is 1. The summed E-state index contributed by atoms with van der Waals surface area (Å²) in [5, 5.41) is 3.81. The van der Waals surface area contributed by atoms with E-state index in [2.05, 4.69) is 22.1 Å². The van der Waals surface area contributed by atoms with Gasteiger partial charge in [0.1, 0.15) is 0 Å². The SMILES string of the molecule is Cc1noc(C2CCCN(C)C2)n1.Cl. The molecular weight excluding hydrogens is 202 g/mol. The summed E-state index contributed by atoms with van der Waals surface area (Å²) in [6.07, 6.45) is 2.40. The minimum absolute atomic E-state index is 0. The summed E-state index contributed by atoms with van der Waals surface area (Å²) >= 11 is 0. The van der Waals surface area contributed by atoms with Crippen molar-refractivity contribution in [2.24, 2.45) is 0 Å². The van der Waals surface area contributed by atoms with Gasteiger partial charge in [0.15, 0.2) is 5.82 Å². The highest BCUT2D eigenvalue weighted by atomic mass is 35.5. The highest BCUT2D eigenvalue weighted by molar-refractivity contribution is 5.85. The van der Waals surface area contributed by atoms with Crippen molar-refractivity contribution in [2.75, 3.05) is 20.1 Å². The summed E-state index contributed by atoms with van der Waals surface area (Å²) in [6, 6.07) is 0. The molecule has 2 rings (SSSR count). The molecule has 1 aliphatic rings. The van der Waals surface area contributed by atoms with Gasteiger partial charge in [0.2, 0.25) is 5.89 Å². The Hall–Kier alpha value is -0.610. The van der Waals surface area contributed by atoms with Crippen LogP contribution in [0.25, 0.3) is 0 Å². The molecule has 1 atom stereocenters. The molecule has 0 aromatic carbocycles. The maximum Gasteiger partial charge on any atom is 0.231 e. The third-order valence-corrected chi connectivity index (χ3v) is 2.52. The van der Waals surface area contributed by atoms with Gasteiger partial charge in [0.05, 0.1) is 5.92 Å². The number of likely N-dealkylation sites (N-methyl/N-ethyl adjacent to an activating group) is 1. The molecule has 1 aromatic heterocycles. The van der Waals surface area contributed by atoms with Gasteiger partial charge in [-0.25, -0.2) is 0 Å². The van der Waals surface area contributed by atoms with Crippen molar-refractivity contribution < 1.29 is 4.52 Å². The Kier molecular flexibility index (Phi) is 3.89. The van der Waals surface area contributed by atoms with Gasteiger partial charge in [-0.15, -0.1) is 12.4 Å². The van der Waals surface area contributed by atoms with Crippen molar-refractivity contribution in [2.45, 2.75) is 25.7 Å². The lowest BCUT2D eigenvalue weighted by atomic mass is 9.99. The summed E-state index contributed by atoms with van der Waals surface area (Å²) in [4.78, 5) is 6.58. The molecule has 80 valence electrons. The van der Waals surface area contributed by atoms with Crippen LogP contribution < -0.4 is 0 Å². The first-order valence-electron chi connectivity index (χ1n) is 4.74. The van der Waals surface area contributed by atoms with Gasteiger partial charge in [0.25, 0.3) is 0 Å². The Morgan fingerprint density at radius 2 is 2.29 bits per heavy atom. The van der Waals surface area contributed by atoms with Crippen LogP contribution in [0.15, 0.2) is 4.52 Å². The summed E-state index contributed by atoms with van der Waals surface area (Å²) in [6.45, 7) is 4.09. The Labute approximate surface area is 90.1 Å². The molecule has 5 heteroatoms. The van der Waals surface area contributed by atoms with Crippen LogP contribution in [0.2, 0.25) is 0 Å². The molecule has 0 bridgehead atoms. The second kappa shape index (κ2) is 4.75. The standard InChI is InChI=1S/C9H15N3O.ClH/c1-7-10-9(13-11-7)8-4-3-5-12(2)6-8;/h8H,3-6H2,1-2H3;1H. The van der Waals surface area contributed by atoms with Crippen LogP contribution >= 0.6 is 12.4 Å². The maximum absolute atomic E-state index is 5.16. The summed E-state index contributed by atoms with van der Waals surface area (Å²) in [5.41, 5.74) is 0. The van der Waals surface area contributed by atoms with Gasteiger partial charge in [0, 0.05) is 6.54 Å². The zero-order chi connectivity index (χ0) is 9.26. The molecule has 0 aliphatic carbocycles. The van der Waals surface area contributed by atoms with E-state index in [-0.39, 0.29) is 12.4 Å². The topological polar surface area (TPSA) is 42.2 Å². The normalized spacial score (nSPS) is 23.1. The number of aryl methyl sites for hydroxylation is 1. The molecule has 0 amide bonds. The van der Waals surface area contributed by atoms with Crippen molar-refractivity contribution in [1.82, 2.24) is 15.0 Å². The van der Waals surface area contributed by atoms with Crippen molar-refractivity contribution >= 4 is 12.4 Å². The van der Waals surface area contributed by atoms with Gasteiger partial charge in [-0.2, -0.15) is 4.98 Å². The summed E-state index contributed by atoms with van der Waals surface area (Å²) in [5.74, 6) is 1.99. The predicted molar refractivity (Wildman–Crippen MR) is 55.8 cm³/mol. The number of rotatable bonds is 1. The Morgan fingerprint density at radius 3 is 2.86 bits per heavy atom. The summed E-state index contributed by atoms with van der Waals surface area (Å²) < 4.78 is 5.16. The number of halogens is 1. The fourth-order valence-corrected chi connectivity index (χ4v) is 1.85. The smallest absolute Gasteiger partial charge is 0.231 e. The van der Waals surface area contributed by atoms with Gasteiger partial charge in [-0.1, -0.05) is 5.16 Å². The average Bonchev–Trinajstić information content (AvgIpc) is 2.52. The monoisotopic (exact) mass is 217 g/mol. The van der Waals surface area contributed by atoms with E-state index in [9.17, 15) is 0 Å². The zero-order valence-corrected chi connectivity index (χ0v) is 9.38. The molecule has 1 fully saturated rings. The second-order valence-electron chi connectivity index (χ2n) is 3.78. The van der Waals surface area contributed by atoms with E-state index in [0.29, 0.717) is 5.92 Å². The van der Waals surface area contributed by atoms with E-state index >= 15 is 0 Å². The molecule has 0 N–H and O–H groups in total. The quantitative estimate of drug-likeness (QED) is 0.717. The molecule has 2 heterocycles. The third-order valence-electron chi connectivity index (χ3n) is 2.52. The Bertz CT molecular complexity index is 289. The minimum Gasteiger partial charge on any atom is -0.339 e. The van der Waals surface area contributed by atoms with Crippen LogP contribution in [0.4, 0.5) is 0 Å². The lowest BCUT2D eigenvalue weighted by Crippen LogP contribution is -2.30. The van der Waals surface area contributed by atoms with Crippen LogP contribution in [0.1, 0.15) is 30.5 Å². The van der Waals surface area contributed by atoms with Gasteiger partial charge >= 0.3 is 0 Å². The van der Waals surface area contributed by atoms with E-state index in [1.807, 2.05) is 6.92 Å². The van der Waals surface area contributed by atoms with Crippen LogP contribution in [0, 0.1) is 6.92 Å². The predicted octanol–water partition coefficient (Wildman–Crippen LogP) is 1.61. The molecule has 1 aliphatic heterocycles. The van der Waals surface area contributed by atoms with Crippen molar-refractivity contribution in [3.63, 3.8) is 0 Å². The fourth-order valence-electron chi connectivity index (χ4n) is 1.85. The van der Waals surface area contributed by atoms with Gasteiger partial charge < -0.3 is 9.42 Å². The molecule has 0 saturated carbocycles. The van der Waals surface area contributed by atoms with Gasteiger partial charge in [-0.3, -0.25) is 0 Å². The maximum atomic E-state index is 5.16. The minimum atomic E-state index is 0. The number of hydrogen-bond donors (Lipinski definition) is 0. The van der Waals surface area contributed by atoms with Gasteiger partial charge in [-0.05, 0) is 33.4 Å². The first kappa shape index (κ1) is 11.5. The highest BCUT2D eigenvalue weighted by Crippen LogP contribution is 2.24. The fraction of sp³-hybridized carbons (Fsp3) is 0.778. The van der Waals surface area contributed by atoms with E-state index in [1.165, 1.54) is 19.4 Å². The molecule has 1 aromatic rings.